The molecule has 0 heterocycles. The zero-order valence-electron chi connectivity index (χ0n) is 14.4. The maximum atomic E-state index is 11.1. The highest BCUT2D eigenvalue weighted by atomic mass is 16.5. The second-order valence-corrected chi connectivity index (χ2v) is 5.58. The van der Waals surface area contributed by atoms with Gasteiger partial charge in [-0.1, -0.05) is 50.5 Å². The Kier molecular flexibility index (Phi) is 12.2. The highest BCUT2D eigenvalue weighted by molar-refractivity contribution is 5.73. The van der Waals surface area contributed by atoms with E-state index in [1.807, 2.05) is 25.2 Å². The molecule has 0 aromatic rings. The Balaban J connectivity index is 4.15. The van der Waals surface area contributed by atoms with Crippen molar-refractivity contribution in [1.29, 1.82) is 0 Å². The van der Waals surface area contributed by atoms with E-state index in [4.69, 9.17) is 4.74 Å². The Morgan fingerprint density at radius 2 is 1.77 bits per heavy atom. The van der Waals surface area contributed by atoms with Crippen LogP contribution in [0.4, 0.5) is 0 Å². The van der Waals surface area contributed by atoms with Crippen LogP contribution >= 0.6 is 0 Å². The summed E-state index contributed by atoms with van der Waals surface area (Å²) in [6.07, 6.45) is 14.5. The third-order valence-corrected chi connectivity index (χ3v) is 3.28. The summed E-state index contributed by atoms with van der Waals surface area (Å²) < 4.78 is 5.26. The first kappa shape index (κ1) is 20.4. The zero-order valence-corrected chi connectivity index (χ0v) is 14.4. The van der Waals surface area contributed by atoms with Crippen molar-refractivity contribution in [2.75, 3.05) is 0 Å². The van der Waals surface area contributed by atoms with Crippen molar-refractivity contribution in [2.45, 2.75) is 78.4 Å². The van der Waals surface area contributed by atoms with E-state index in [2.05, 4.69) is 18.3 Å². The monoisotopic (exact) mass is 309 g/mol. The van der Waals surface area contributed by atoms with E-state index >= 15 is 0 Å². The molecule has 126 valence electrons. The summed E-state index contributed by atoms with van der Waals surface area (Å²) in [5, 5.41) is 2.76. The van der Waals surface area contributed by atoms with Crippen LogP contribution in [0.2, 0.25) is 0 Å². The van der Waals surface area contributed by atoms with Gasteiger partial charge in [-0.2, -0.15) is 0 Å². The maximum Gasteiger partial charge on any atom is 0.302 e. The summed E-state index contributed by atoms with van der Waals surface area (Å²) in [7, 11) is 0. The second kappa shape index (κ2) is 13.1. The number of allylic oxidation sites excluding steroid dienone is 3. The van der Waals surface area contributed by atoms with Crippen LogP contribution in [0.25, 0.3) is 0 Å². The summed E-state index contributed by atoms with van der Waals surface area (Å²) in [5.74, 6) is -0.456. The number of hydrogen-bond acceptors (Lipinski definition) is 3. The molecule has 2 atom stereocenters. The molecule has 2 unspecified atom stereocenters. The third-order valence-electron chi connectivity index (χ3n) is 3.28. The number of carbonyl (C=O) groups excluding carboxylic acids is 2. The van der Waals surface area contributed by atoms with Crippen molar-refractivity contribution in [3.8, 4) is 0 Å². The topological polar surface area (TPSA) is 55.4 Å². The Morgan fingerprint density at radius 3 is 2.36 bits per heavy atom. The molecule has 1 amide bonds. The number of rotatable bonds is 11. The highest BCUT2D eigenvalue weighted by Crippen LogP contribution is 2.07. The molecule has 0 spiro atoms. The maximum absolute atomic E-state index is 11.1. The van der Waals surface area contributed by atoms with Crippen molar-refractivity contribution >= 4 is 11.9 Å². The lowest BCUT2D eigenvalue weighted by atomic mass is 10.1. The molecule has 0 fully saturated rings. The summed E-state index contributed by atoms with van der Waals surface area (Å²) in [5.41, 5.74) is 0. The quantitative estimate of drug-likeness (QED) is 0.357. The summed E-state index contributed by atoms with van der Waals surface area (Å²) >= 11 is 0. The summed E-state index contributed by atoms with van der Waals surface area (Å²) in [6, 6.07) is -0.205. The molecule has 0 radical (unpaired) electrons. The van der Waals surface area contributed by atoms with E-state index in [0.29, 0.717) is 6.42 Å². The molecule has 0 rings (SSSR count). The van der Waals surface area contributed by atoms with E-state index < -0.39 is 0 Å². The average molecular weight is 309 g/mol. The van der Waals surface area contributed by atoms with Crippen LogP contribution in [0.1, 0.15) is 66.2 Å². The first-order valence-corrected chi connectivity index (χ1v) is 8.23. The largest absolute Gasteiger partial charge is 0.460 e. The van der Waals surface area contributed by atoms with E-state index in [1.165, 1.54) is 39.5 Å². The first-order chi connectivity index (χ1) is 10.5. The average Bonchev–Trinajstić information content (AvgIpc) is 2.43. The molecule has 4 nitrogen and oxygen atoms in total. The predicted molar refractivity (Wildman–Crippen MR) is 90.5 cm³/mol. The van der Waals surface area contributed by atoms with Gasteiger partial charge in [-0.05, 0) is 19.8 Å². The molecule has 0 bridgehead atoms. The van der Waals surface area contributed by atoms with Crippen LogP contribution in [0.5, 0.6) is 0 Å². The normalized spacial score (nSPS) is 14.2. The Bertz CT molecular complexity index is 375. The smallest absolute Gasteiger partial charge is 0.302 e. The molecule has 0 aromatic carbocycles. The van der Waals surface area contributed by atoms with Crippen LogP contribution in [-0.2, 0) is 14.3 Å². The molecule has 0 aliphatic carbocycles. The highest BCUT2D eigenvalue weighted by Gasteiger charge is 2.19. The number of ether oxygens (including phenoxy) is 1. The molecule has 0 saturated heterocycles. The minimum Gasteiger partial charge on any atom is -0.460 e. The van der Waals surface area contributed by atoms with E-state index in [-0.39, 0.29) is 24.0 Å². The van der Waals surface area contributed by atoms with Crippen molar-refractivity contribution in [2.24, 2.45) is 0 Å². The molecule has 1 N–H and O–H groups in total. The van der Waals surface area contributed by atoms with Crippen molar-refractivity contribution in [3.05, 3.63) is 24.3 Å². The Hall–Kier alpha value is -1.58. The Morgan fingerprint density at radius 1 is 1.09 bits per heavy atom. The molecule has 22 heavy (non-hydrogen) atoms. The molecule has 4 heteroatoms. The molecular weight excluding hydrogens is 278 g/mol. The van der Waals surface area contributed by atoms with Crippen LogP contribution in [0, 0.1) is 0 Å². The molecular formula is C18H31NO3. The van der Waals surface area contributed by atoms with Gasteiger partial charge in [0.15, 0.2) is 0 Å². The minimum atomic E-state index is -0.337. The van der Waals surface area contributed by atoms with Gasteiger partial charge >= 0.3 is 5.97 Å². The van der Waals surface area contributed by atoms with Gasteiger partial charge in [-0.25, -0.2) is 0 Å². The fourth-order valence-electron chi connectivity index (χ4n) is 2.14. The lowest BCUT2D eigenvalue weighted by Crippen LogP contribution is -2.41. The third kappa shape index (κ3) is 12.2. The van der Waals surface area contributed by atoms with Gasteiger partial charge < -0.3 is 10.1 Å². The summed E-state index contributed by atoms with van der Waals surface area (Å²) in [4.78, 5) is 22.2. The fourth-order valence-corrected chi connectivity index (χ4v) is 2.14. The van der Waals surface area contributed by atoms with Gasteiger partial charge in [0.1, 0.15) is 6.10 Å². The predicted octanol–water partition coefficient (Wildman–Crippen LogP) is 3.92. The zero-order chi connectivity index (χ0) is 16.8. The number of hydrogen-bond donors (Lipinski definition) is 1. The van der Waals surface area contributed by atoms with E-state index in [0.717, 1.165) is 6.42 Å². The van der Waals surface area contributed by atoms with Crippen molar-refractivity contribution < 1.29 is 14.3 Å². The van der Waals surface area contributed by atoms with Gasteiger partial charge in [0.2, 0.25) is 5.91 Å². The van der Waals surface area contributed by atoms with Crippen LogP contribution in [-0.4, -0.2) is 24.0 Å². The second-order valence-electron chi connectivity index (χ2n) is 5.58. The lowest BCUT2D eigenvalue weighted by molar-refractivity contribution is -0.148. The lowest BCUT2D eigenvalue weighted by Gasteiger charge is -2.23. The van der Waals surface area contributed by atoms with Gasteiger partial charge in [0.05, 0.1) is 6.04 Å². The SMILES string of the molecule is CCCCCCC=CC=CCC(OC(C)=O)C(C)NC(C)=O. The van der Waals surface area contributed by atoms with Gasteiger partial charge in [-0.3, -0.25) is 9.59 Å². The number of amides is 1. The summed E-state index contributed by atoms with van der Waals surface area (Å²) in [6.45, 7) is 6.89. The van der Waals surface area contributed by atoms with Crippen molar-refractivity contribution in [1.82, 2.24) is 5.32 Å². The standard InChI is InChI=1S/C18H31NO3/c1-5-6-7-8-9-10-11-12-13-14-18(22-17(4)21)15(2)19-16(3)20/h10-13,15,18H,5-9,14H2,1-4H3,(H,19,20). The molecule has 0 aromatic heterocycles. The molecule has 0 aliphatic heterocycles. The molecule has 0 aliphatic rings. The fraction of sp³-hybridized carbons (Fsp3) is 0.667. The van der Waals surface area contributed by atoms with Crippen molar-refractivity contribution in [3.63, 3.8) is 0 Å². The van der Waals surface area contributed by atoms with Gasteiger partial charge in [0, 0.05) is 20.3 Å². The van der Waals surface area contributed by atoms with Crippen LogP contribution in [0.15, 0.2) is 24.3 Å². The van der Waals surface area contributed by atoms with Crippen LogP contribution in [0.3, 0.4) is 0 Å². The number of nitrogens with one attached hydrogen (secondary N) is 1. The minimum absolute atomic E-state index is 0.124. The molecule has 0 saturated carbocycles. The number of esters is 1. The number of carbonyl (C=O) groups is 2. The van der Waals surface area contributed by atoms with Crippen LogP contribution < -0.4 is 5.32 Å². The number of unbranched alkanes of at least 4 members (excludes halogenated alkanes) is 4. The Labute approximate surface area is 135 Å². The first-order valence-electron chi connectivity index (χ1n) is 8.23. The van der Waals surface area contributed by atoms with E-state index in [9.17, 15) is 9.59 Å². The van der Waals surface area contributed by atoms with Gasteiger partial charge in [0.25, 0.3) is 0 Å². The van der Waals surface area contributed by atoms with Gasteiger partial charge in [-0.15, -0.1) is 0 Å². The van der Waals surface area contributed by atoms with E-state index in [1.54, 1.807) is 0 Å².